The fraction of sp³-hybridized carbons (Fsp3) is 0.154. The first kappa shape index (κ1) is 22.7. The predicted octanol–water partition coefficient (Wildman–Crippen LogP) is 4.50. The van der Waals surface area contributed by atoms with E-state index >= 15 is 0 Å². The number of carbonyl (C=O) groups excluding carboxylic acids is 1. The molecule has 34 heavy (non-hydrogen) atoms. The number of ether oxygens (including phenoxy) is 4. The van der Waals surface area contributed by atoms with Crippen LogP contribution in [0.1, 0.15) is 0 Å². The minimum Gasteiger partial charge on any atom is -0.493 e. The molecule has 1 N–H and O–H groups in total. The lowest BCUT2D eigenvalue weighted by Crippen LogP contribution is -2.20. The molecule has 0 atom stereocenters. The number of benzene rings is 3. The molecule has 0 unspecified atom stereocenters. The summed E-state index contributed by atoms with van der Waals surface area (Å²) in [4.78, 5) is 24.6. The van der Waals surface area contributed by atoms with Gasteiger partial charge in [0.1, 0.15) is 11.3 Å². The van der Waals surface area contributed by atoms with Gasteiger partial charge in [-0.1, -0.05) is 30.3 Å². The van der Waals surface area contributed by atoms with Gasteiger partial charge in [0.15, 0.2) is 18.1 Å². The van der Waals surface area contributed by atoms with Crippen LogP contribution in [-0.4, -0.2) is 33.8 Å². The highest BCUT2D eigenvalue weighted by Crippen LogP contribution is 2.40. The molecule has 0 saturated carbocycles. The minimum atomic E-state index is -0.469. The van der Waals surface area contributed by atoms with Crippen molar-refractivity contribution in [3.8, 4) is 34.1 Å². The lowest BCUT2D eigenvalue weighted by atomic mass is 10.0. The number of methoxy groups -OCH3 is 3. The summed E-state index contributed by atoms with van der Waals surface area (Å²) in [6, 6.07) is 19.4. The van der Waals surface area contributed by atoms with Gasteiger partial charge in [-0.25, -0.2) is 4.79 Å². The molecule has 0 radical (unpaired) electrons. The number of amides is 1. The van der Waals surface area contributed by atoms with Crippen LogP contribution >= 0.6 is 0 Å². The van der Waals surface area contributed by atoms with E-state index in [0.29, 0.717) is 34.3 Å². The van der Waals surface area contributed by atoms with Crippen LogP contribution in [0.25, 0.3) is 22.1 Å². The Morgan fingerprint density at radius 3 is 2.24 bits per heavy atom. The number of carbonyl (C=O) groups is 1. The van der Waals surface area contributed by atoms with Crippen molar-refractivity contribution >= 4 is 22.6 Å². The summed E-state index contributed by atoms with van der Waals surface area (Å²) >= 11 is 0. The van der Waals surface area contributed by atoms with Gasteiger partial charge in [-0.15, -0.1) is 0 Å². The van der Waals surface area contributed by atoms with Gasteiger partial charge >= 0.3 is 5.63 Å². The lowest BCUT2D eigenvalue weighted by Gasteiger charge is -2.15. The molecule has 4 aromatic rings. The van der Waals surface area contributed by atoms with Gasteiger partial charge in [0.05, 0.1) is 21.3 Å². The molecule has 0 bridgehead atoms. The highest BCUT2D eigenvalue weighted by atomic mass is 16.5. The van der Waals surface area contributed by atoms with E-state index in [0.717, 1.165) is 16.5 Å². The van der Waals surface area contributed by atoms with Crippen LogP contribution in [0.2, 0.25) is 0 Å². The van der Waals surface area contributed by atoms with Gasteiger partial charge in [-0.2, -0.15) is 0 Å². The molecule has 3 aromatic carbocycles. The molecular formula is C26H23NO7. The zero-order valence-corrected chi connectivity index (χ0v) is 18.9. The third kappa shape index (κ3) is 4.80. The monoisotopic (exact) mass is 461 g/mol. The summed E-state index contributed by atoms with van der Waals surface area (Å²) in [5, 5.41) is 3.50. The van der Waals surface area contributed by atoms with Crippen LogP contribution in [0.15, 0.2) is 75.9 Å². The molecule has 8 nitrogen and oxygen atoms in total. The smallest absolute Gasteiger partial charge is 0.336 e. The Balaban J connectivity index is 1.51. The molecule has 8 heteroatoms. The third-order valence-electron chi connectivity index (χ3n) is 5.12. The standard InChI is InChI=1S/C26H23NO7/c1-30-22-11-17(12-23(31-2)26(22)32-3)27-24(28)15-33-18-9-10-19-20(16-7-5-4-6-8-16)14-25(29)34-21(19)13-18/h4-14H,15H2,1-3H3,(H,27,28). The van der Waals surface area contributed by atoms with Crippen molar-refractivity contribution in [3.63, 3.8) is 0 Å². The number of nitrogens with one attached hydrogen (secondary N) is 1. The summed E-state index contributed by atoms with van der Waals surface area (Å²) in [5.41, 5.74) is 2.02. The van der Waals surface area contributed by atoms with E-state index in [4.69, 9.17) is 23.4 Å². The average Bonchev–Trinajstić information content (AvgIpc) is 2.86. The van der Waals surface area contributed by atoms with Gasteiger partial charge < -0.3 is 28.7 Å². The van der Waals surface area contributed by atoms with Gasteiger partial charge in [0.25, 0.3) is 5.91 Å². The Kier molecular flexibility index (Phi) is 6.68. The Morgan fingerprint density at radius 2 is 1.59 bits per heavy atom. The summed E-state index contributed by atoms with van der Waals surface area (Å²) in [6.07, 6.45) is 0. The molecule has 4 rings (SSSR count). The zero-order chi connectivity index (χ0) is 24.1. The Morgan fingerprint density at radius 1 is 0.882 bits per heavy atom. The van der Waals surface area contributed by atoms with Crippen LogP contribution in [0.5, 0.6) is 23.0 Å². The highest BCUT2D eigenvalue weighted by Gasteiger charge is 2.15. The largest absolute Gasteiger partial charge is 0.493 e. The molecule has 0 aliphatic heterocycles. The second kappa shape index (κ2) is 9.99. The molecule has 1 heterocycles. The minimum absolute atomic E-state index is 0.259. The van der Waals surface area contributed by atoms with Crippen molar-refractivity contribution in [2.45, 2.75) is 0 Å². The maximum Gasteiger partial charge on any atom is 0.336 e. The van der Waals surface area contributed by atoms with Crippen molar-refractivity contribution in [3.05, 3.63) is 77.2 Å². The maximum atomic E-state index is 12.5. The number of fused-ring (bicyclic) bond motifs is 1. The van der Waals surface area contributed by atoms with E-state index in [1.807, 2.05) is 30.3 Å². The summed E-state index contributed by atoms with van der Waals surface area (Å²) < 4.78 is 26.9. The first-order valence-electron chi connectivity index (χ1n) is 10.4. The third-order valence-corrected chi connectivity index (χ3v) is 5.12. The van der Waals surface area contributed by atoms with E-state index in [9.17, 15) is 9.59 Å². The second-order valence-corrected chi connectivity index (χ2v) is 7.25. The molecule has 1 amide bonds. The van der Waals surface area contributed by atoms with E-state index in [1.54, 1.807) is 30.3 Å². The van der Waals surface area contributed by atoms with E-state index in [-0.39, 0.29) is 6.61 Å². The first-order chi connectivity index (χ1) is 16.5. The zero-order valence-electron chi connectivity index (χ0n) is 18.9. The van der Waals surface area contributed by atoms with Crippen LogP contribution in [-0.2, 0) is 4.79 Å². The fourth-order valence-electron chi connectivity index (χ4n) is 3.59. The molecule has 0 saturated heterocycles. The topological polar surface area (TPSA) is 96.2 Å². The lowest BCUT2D eigenvalue weighted by molar-refractivity contribution is -0.118. The SMILES string of the molecule is COc1cc(NC(=O)COc2ccc3c(-c4ccccc4)cc(=O)oc3c2)cc(OC)c1OC. The second-order valence-electron chi connectivity index (χ2n) is 7.25. The number of hydrogen-bond donors (Lipinski definition) is 1. The first-order valence-corrected chi connectivity index (χ1v) is 10.4. The number of anilines is 1. The normalized spacial score (nSPS) is 10.6. The van der Waals surface area contributed by atoms with Crippen molar-refractivity contribution in [2.24, 2.45) is 0 Å². The van der Waals surface area contributed by atoms with E-state index in [1.165, 1.54) is 27.4 Å². The van der Waals surface area contributed by atoms with Crippen molar-refractivity contribution in [2.75, 3.05) is 33.3 Å². The van der Waals surface area contributed by atoms with Crippen LogP contribution in [0.4, 0.5) is 5.69 Å². The number of hydrogen-bond acceptors (Lipinski definition) is 7. The van der Waals surface area contributed by atoms with Crippen LogP contribution in [0, 0.1) is 0 Å². The van der Waals surface area contributed by atoms with Crippen molar-refractivity contribution in [1.82, 2.24) is 0 Å². The Labute approximate surface area is 195 Å². The molecule has 174 valence electrons. The highest BCUT2D eigenvalue weighted by molar-refractivity contribution is 5.94. The van der Waals surface area contributed by atoms with Gasteiger partial charge in [0, 0.05) is 35.3 Å². The molecular weight excluding hydrogens is 438 g/mol. The summed E-state index contributed by atoms with van der Waals surface area (Å²) in [7, 11) is 4.49. The van der Waals surface area contributed by atoms with Gasteiger partial charge in [-0.3, -0.25) is 4.79 Å². The predicted molar refractivity (Wildman–Crippen MR) is 128 cm³/mol. The number of rotatable bonds is 8. The molecule has 0 aliphatic carbocycles. The quantitative estimate of drug-likeness (QED) is 0.386. The fourth-order valence-corrected chi connectivity index (χ4v) is 3.59. The van der Waals surface area contributed by atoms with Gasteiger partial charge in [-0.05, 0) is 23.3 Å². The van der Waals surface area contributed by atoms with E-state index in [2.05, 4.69) is 5.32 Å². The maximum absolute atomic E-state index is 12.5. The molecule has 1 aromatic heterocycles. The van der Waals surface area contributed by atoms with Gasteiger partial charge in [0.2, 0.25) is 5.75 Å². The van der Waals surface area contributed by atoms with Crippen molar-refractivity contribution < 1.29 is 28.2 Å². The van der Waals surface area contributed by atoms with Crippen LogP contribution < -0.4 is 29.9 Å². The molecule has 0 aliphatic rings. The summed E-state index contributed by atoms with van der Waals surface area (Å²) in [5.74, 6) is 1.25. The van der Waals surface area contributed by atoms with E-state index < -0.39 is 11.5 Å². The van der Waals surface area contributed by atoms with Crippen LogP contribution in [0.3, 0.4) is 0 Å². The average molecular weight is 461 g/mol. The summed E-state index contributed by atoms with van der Waals surface area (Å²) in [6.45, 7) is -0.259. The molecule has 0 spiro atoms. The molecule has 0 fully saturated rings. The Bertz CT molecular complexity index is 1350. The van der Waals surface area contributed by atoms with Crippen molar-refractivity contribution in [1.29, 1.82) is 0 Å². The Hall–Kier alpha value is -4.46.